The fourth-order valence-corrected chi connectivity index (χ4v) is 2.44. The summed E-state index contributed by atoms with van der Waals surface area (Å²) in [4.78, 5) is 28.4. The predicted molar refractivity (Wildman–Crippen MR) is 84.5 cm³/mol. The van der Waals surface area contributed by atoms with Gasteiger partial charge in [0.05, 0.1) is 31.3 Å². The zero-order valence-electron chi connectivity index (χ0n) is 13.0. The van der Waals surface area contributed by atoms with Gasteiger partial charge in [-0.3, -0.25) is 14.9 Å². The Kier molecular flexibility index (Phi) is 3.95. The zero-order valence-corrected chi connectivity index (χ0v) is 13.0. The van der Waals surface area contributed by atoms with Crippen molar-refractivity contribution in [3.05, 3.63) is 52.1 Å². The second-order valence-electron chi connectivity index (χ2n) is 5.05. The third-order valence-corrected chi connectivity index (χ3v) is 3.60. The molecule has 0 N–H and O–H groups in total. The average Bonchev–Trinajstić information content (AvgIpc) is 2.60. The van der Waals surface area contributed by atoms with Crippen molar-refractivity contribution >= 4 is 17.3 Å². The fraction of sp³-hybridized carbons (Fsp3) is 0.188. The topological polar surface area (TPSA) is 91.1 Å². The maximum absolute atomic E-state index is 12.4. The van der Waals surface area contributed by atoms with E-state index in [2.05, 4.69) is 0 Å². The molecule has 0 unspecified atom stereocenters. The molecule has 3 rings (SSSR count). The highest BCUT2D eigenvalue weighted by atomic mass is 16.7. The molecule has 1 heterocycles. The summed E-state index contributed by atoms with van der Waals surface area (Å²) in [5.41, 5.74) is 0.816. The van der Waals surface area contributed by atoms with Gasteiger partial charge in [0.1, 0.15) is 0 Å². The number of anilines is 1. The molecule has 8 heteroatoms. The lowest BCUT2D eigenvalue weighted by Gasteiger charge is -2.28. The van der Waals surface area contributed by atoms with Crippen LogP contribution in [-0.4, -0.2) is 25.1 Å². The highest BCUT2D eigenvalue weighted by Crippen LogP contribution is 2.38. The molecule has 8 nitrogen and oxygen atoms in total. The van der Waals surface area contributed by atoms with E-state index in [0.29, 0.717) is 22.8 Å². The molecule has 1 amide bonds. The number of rotatable bonds is 4. The predicted octanol–water partition coefficient (Wildman–Crippen LogP) is 2.50. The van der Waals surface area contributed by atoms with Gasteiger partial charge in [-0.1, -0.05) is 6.07 Å². The lowest BCUT2D eigenvalue weighted by molar-refractivity contribution is -0.384. The van der Waals surface area contributed by atoms with Crippen LogP contribution in [0.3, 0.4) is 0 Å². The van der Waals surface area contributed by atoms with Gasteiger partial charge in [-0.15, -0.1) is 5.06 Å². The number of benzene rings is 2. The summed E-state index contributed by atoms with van der Waals surface area (Å²) in [5, 5.41) is 11.9. The van der Waals surface area contributed by atoms with Crippen molar-refractivity contribution in [3.8, 4) is 17.2 Å². The number of carbonyl (C=O) groups excluding carboxylic acids is 1. The molecule has 2 aromatic carbocycles. The van der Waals surface area contributed by atoms with E-state index in [0.717, 1.165) is 5.06 Å². The molecule has 0 saturated carbocycles. The first-order valence-electron chi connectivity index (χ1n) is 7.03. The van der Waals surface area contributed by atoms with Crippen LogP contribution < -0.4 is 19.4 Å². The van der Waals surface area contributed by atoms with Crippen LogP contribution in [0.5, 0.6) is 17.2 Å². The van der Waals surface area contributed by atoms with Crippen molar-refractivity contribution in [1.29, 1.82) is 0 Å². The van der Waals surface area contributed by atoms with E-state index in [1.807, 2.05) is 0 Å². The summed E-state index contributed by atoms with van der Waals surface area (Å²) in [6.07, 6.45) is 0.0817. The Morgan fingerprint density at radius 3 is 2.54 bits per heavy atom. The summed E-state index contributed by atoms with van der Waals surface area (Å²) in [6.45, 7) is 0. The van der Waals surface area contributed by atoms with E-state index in [9.17, 15) is 14.9 Å². The molecule has 0 fully saturated rings. The number of hydrogen-bond donors (Lipinski definition) is 0. The van der Waals surface area contributed by atoms with Gasteiger partial charge < -0.3 is 14.3 Å². The number of methoxy groups -OCH3 is 2. The maximum Gasteiger partial charge on any atom is 0.271 e. The minimum absolute atomic E-state index is 0.0817. The number of nitro benzene ring substituents is 1. The van der Waals surface area contributed by atoms with Crippen molar-refractivity contribution in [3.63, 3.8) is 0 Å². The van der Waals surface area contributed by atoms with Crippen LogP contribution in [0.1, 0.15) is 5.56 Å². The maximum atomic E-state index is 12.4. The highest BCUT2D eigenvalue weighted by molar-refractivity contribution is 5.95. The number of ether oxygens (including phenoxy) is 2. The van der Waals surface area contributed by atoms with Gasteiger partial charge >= 0.3 is 0 Å². The smallest absolute Gasteiger partial charge is 0.271 e. The average molecular weight is 330 g/mol. The summed E-state index contributed by atoms with van der Waals surface area (Å²) in [5.74, 6) is 1.05. The Bertz CT molecular complexity index is 820. The van der Waals surface area contributed by atoms with Crippen LogP contribution >= 0.6 is 0 Å². The van der Waals surface area contributed by atoms with E-state index in [1.54, 1.807) is 18.2 Å². The number of amides is 1. The van der Waals surface area contributed by atoms with Gasteiger partial charge in [-0.25, -0.2) is 0 Å². The monoisotopic (exact) mass is 330 g/mol. The van der Waals surface area contributed by atoms with E-state index < -0.39 is 4.92 Å². The summed E-state index contributed by atoms with van der Waals surface area (Å²) >= 11 is 0. The van der Waals surface area contributed by atoms with Gasteiger partial charge in [-0.2, -0.15) is 0 Å². The molecule has 0 saturated heterocycles. The van der Waals surface area contributed by atoms with Crippen molar-refractivity contribution in [1.82, 2.24) is 0 Å². The first kappa shape index (κ1) is 15.6. The summed E-state index contributed by atoms with van der Waals surface area (Å²) in [7, 11) is 3.00. The molecule has 0 radical (unpaired) electrons. The fourth-order valence-electron chi connectivity index (χ4n) is 2.44. The number of nitrogens with zero attached hydrogens (tertiary/aromatic N) is 2. The Morgan fingerprint density at radius 2 is 1.88 bits per heavy atom. The van der Waals surface area contributed by atoms with Gasteiger partial charge in [-0.05, 0) is 12.1 Å². The third kappa shape index (κ3) is 2.69. The quantitative estimate of drug-likeness (QED) is 0.632. The second kappa shape index (κ2) is 6.07. The Labute approximate surface area is 137 Å². The molecular formula is C16H14N2O6. The lowest BCUT2D eigenvalue weighted by Crippen LogP contribution is -2.39. The minimum Gasteiger partial charge on any atom is -0.493 e. The van der Waals surface area contributed by atoms with Crippen LogP contribution in [-0.2, 0) is 11.2 Å². The minimum atomic E-state index is -0.528. The second-order valence-corrected chi connectivity index (χ2v) is 5.05. The summed E-state index contributed by atoms with van der Waals surface area (Å²) in [6, 6.07) is 8.98. The molecule has 124 valence electrons. The van der Waals surface area contributed by atoms with E-state index in [1.165, 1.54) is 32.4 Å². The first-order valence-corrected chi connectivity index (χ1v) is 7.03. The third-order valence-electron chi connectivity index (χ3n) is 3.60. The molecule has 1 aliphatic heterocycles. The van der Waals surface area contributed by atoms with Gasteiger partial charge in [0.15, 0.2) is 17.2 Å². The molecule has 0 spiro atoms. The molecule has 0 aliphatic carbocycles. The number of fused-ring (bicyclic) bond motifs is 1. The molecular weight excluding hydrogens is 316 g/mol. The normalized spacial score (nSPS) is 13.1. The summed E-state index contributed by atoms with van der Waals surface area (Å²) < 4.78 is 10.4. The highest BCUT2D eigenvalue weighted by Gasteiger charge is 2.29. The number of nitro groups is 1. The molecule has 0 aromatic heterocycles. The van der Waals surface area contributed by atoms with Crippen molar-refractivity contribution in [2.45, 2.75) is 6.42 Å². The molecule has 1 aliphatic rings. The standard InChI is InChI=1S/C16H14N2O6/c1-22-14-6-10-7-16(19)17(24-13(10)9-15(14)23-2)11-4-3-5-12(8-11)18(20)21/h3-6,8-9H,7H2,1-2H3. The van der Waals surface area contributed by atoms with E-state index in [4.69, 9.17) is 14.3 Å². The molecule has 0 atom stereocenters. The Hall–Kier alpha value is -3.29. The van der Waals surface area contributed by atoms with Crippen molar-refractivity contribution < 1.29 is 24.0 Å². The Morgan fingerprint density at radius 1 is 1.17 bits per heavy atom. The van der Waals surface area contributed by atoms with E-state index >= 15 is 0 Å². The number of hydroxylamine groups is 1. The number of carbonyl (C=O) groups is 1. The lowest BCUT2D eigenvalue weighted by atomic mass is 10.1. The first-order chi connectivity index (χ1) is 11.5. The van der Waals surface area contributed by atoms with E-state index in [-0.39, 0.29) is 23.7 Å². The van der Waals surface area contributed by atoms with Gasteiger partial charge in [0.25, 0.3) is 11.6 Å². The zero-order chi connectivity index (χ0) is 17.3. The van der Waals surface area contributed by atoms with Crippen molar-refractivity contribution in [2.75, 3.05) is 19.3 Å². The van der Waals surface area contributed by atoms with Gasteiger partial charge in [0.2, 0.25) is 0 Å². The Balaban J connectivity index is 1.98. The molecule has 24 heavy (non-hydrogen) atoms. The van der Waals surface area contributed by atoms with Crippen LogP contribution in [0.2, 0.25) is 0 Å². The van der Waals surface area contributed by atoms with Crippen LogP contribution in [0.4, 0.5) is 11.4 Å². The molecule has 2 aromatic rings. The SMILES string of the molecule is COc1cc2c(cc1OC)ON(c1cccc([N+](=O)[O-])c1)C(=O)C2. The van der Waals surface area contributed by atoms with Crippen LogP contribution in [0, 0.1) is 10.1 Å². The van der Waals surface area contributed by atoms with Crippen LogP contribution in [0.25, 0.3) is 0 Å². The van der Waals surface area contributed by atoms with Crippen LogP contribution in [0.15, 0.2) is 36.4 Å². The van der Waals surface area contributed by atoms with Crippen molar-refractivity contribution in [2.24, 2.45) is 0 Å². The molecule has 0 bridgehead atoms. The number of hydrogen-bond acceptors (Lipinski definition) is 6. The van der Waals surface area contributed by atoms with Gasteiger partial charge in [0, 0.05) is 23.8 Å². The number of non-ortho nitro benzene ring substituents is 1. The largest absolute Gasteiger partial charge is 0.493 e.